The van der Waals surface area contributed by atoms with Gasteiger partial charge in [0, 0.05) is 30.3 Å². The number of carbonyl (C=O) groups is 2. The average Bonchev–Trinajstić information content (AvgIpc) is 2.67. The van der Waals surface area contributed by atoms with E-state index in [1.807, 2.05) is 17.9 Å². The molecule has 29 heavy (non-hydrogen) atoms. The summed E-state index contributed by atoms with van der Waals surface area (Å²) in [7, 11) is 0. The first-order valence-electron chi connectivity index (χ1n) is 10.3. The zero-order chi connectivity index (χ0) is 20.4. The third-order valence-electron chi connectivity index (χ3n) is 6.06. The standard InChI is InChI=1S/C24H26N2O3/c1-16(14-22(25)17-8-5-9-17)26-13-12-19-15-20(10-11-21(19)23(26)27)29-24(28)18-6-3-2-4-7-18/h2-4,6-7,10-11,15-17,25H,5,8-9,12-14H2,1H3/t16-/m1/s1. The fraction of sp³-hybridized carbons (Fsp3) is 0.375. The molecule has 1 N–H and O–H groups in total. The van der Waals surface area contributed by atoms with Crippen molar-refractivity contribution < 1.29 is 14.3 Å². The van der Waals surface area contributed by atoms with Crippen LogP contribution in [0.4, 0.5) is 0 Å². The van der Waals surface area contributed by atoms with Crippen molar-refractivity contribution in [2.75, 3.05) is 6.54 Å². The summed E-state index contributed by atoms with van der Waals surface area (Å²) in [4.78, 5) is 27.1. The quantitative estimate of drug-likeness (QED) is 0.448. The summed E-state index contributed by atoms with van der Waals surface area (Å²) in [6.07, 6.45) is 4.83. The highest BCUT2D eigenvalue weighted by atomic mass is 16.5. The van der Waals surface area contributed by atoms with Gasteiger partial charge in [-0.3, -0.25) is 4.79 Å². The minimum Gasteiger partial charge on any atom is -0.423 e. The van der Waals surface area contributed by atoms with E-state index in [9.17, 15) is 9.59 Å². The van der Waals surface area contributed by atoms with Crippen LogP contribution in [0, 0.1) is 11.3 Å². The minimum absolute atomic E-state index is 0.00101. The molecule has 0 radical (unpaired) electrons. The molecule has 1 saturated carbocycles. The van der Waals surface area contributed by atoms with Crippen molar-refractivity contribution >= 4 is 17.6 Å². The van der Waals surface area contributed by atoms with Crippen LogP contribution in [0.2, 0.25) is 0 Å². The topological polar surface area (TPSA) is 70.5 Å². The van der Waals surface area contributed by atoms with E-state index in [1.165, 1.54) is 6.42 Å². The molecule has 5 nitrogen and oxygen atoms in total. The number of carbonyl (C=O) groups excluding carboxylic acids is 2. The number of fused-ring (bicyclic) bond motifs is 1. The summed E-state index contributed by atoms with van der Waals surface area (Å²) in [6, 6.07) is 14.1. The molecule has 2 aromatic rings. The molecule has 1 fully saturated rings. The summed E-state index contributed by atoms with van der Waals surface area (Å²) in [5, 5.41) is 8.28. The van der Waals surface area contributed by atoms with Gasteiger partial charge in [0.05, 0.1) is 5.56 Å². The lowest BCUT2D eigenvalue weighted by atomic mass is 9.79. The Hall–Kier alpha value is -2.95. The first-order chi connectivity index (χ1) is 14.0. The van der Waals surface area contributed by atoms with Crippen LogP contribution in [0.5, 0.6) is 5.75 Å². The van der Waals surface area contributed by atoms with Crippen molar-refractivity contribution in [2.24, 2.45) is 5.92 Å². The number of rotatable bonds is 6. The van der Waals surface area contributed by atoms with Gasteiger partial charge in [0.1, 0.15) is 5.75 Å². The highest BCUT2D eigenvalue weighted by Gasteiger charge is 2.31. The monoisotopic (exact) mass is 390 g/mol. The van der Waals surface area contributed by atoms with E-state index >= 15 is 0 Å². The largest absolute Gasteiger partial charge is 0.423 e. The Morgan fingerprint density at radius 2 is 1.97 bits per heavy atom. The van der Waals surface area contributed by atoms with E-state index in [2.05, 4.69) is 0 Å². The van der Waals surface area contributed by atoms with E-state index < -0.39 is 5.97 Å². The van der Waals surface area contributed by atoms with Crippen molar-refractivity contribution in [1.82, 2.24) is 4.90 Å². The number of hydrogen-bond donors (Lipinski definition) is 1. The van der Waals surface area contributed by atoms with Crippen LogP contribution < -0.4 is 4.74 Å². The first-order valence-corrected chi connectivity index (χ1v) is 10.3. The molecule has 4 rings (SSSR count). The van der Waals surface area contributed by atoms with Crippen LogP contribution in [0.1, 0.15) is 58.9 Å². The predicted octanol–water partition coefficient (Wildman–Crippen LogP) is 4.50. The SMILES string of the molecule is C[C@H](CC(=N)C1CCC1)N1CCc2cc(OC(=O)c3ccccc3)ccc2C1=O. The molecule has 2 aromatic carbocycles. The van der Waals surface area contributed by atoms with E-state index in [0.29, 0.717) is 35.8 Å². The zero-order valence-electron chi connectivity index (χ0n) is 16.7. The van der Waals surface area contributed by atoms with Crippen LogP contribution in [0.25, 0.3) is 0 Å². The molecule has 0 aromatic heterocycles. The summed E-state index contributed by atoms with van der Waals surface area (Å²) in [5.41, 5.74) is 2.85. The smallest absolute Gasteiger partial charge is 0.343 e. The predicted molar refractivity (Wildman–Crippen MR) is 112 cm³/mol. The number of nitrogens with zero attached hydrogens (tertiary/aromatic N) is 1. The van der Waals surface area contributed by atoms with Crippen LogP contribution >= 0.6 is 0 Å². The molecular weight excluding hydrogens is 364 g/mol. The third kappa shape index (κ3) is 4.09. The fourth-order valence-corrected chi connectivity index (χ4v) is 4.06. The molecule has 1 amide bonds. The normalized spacial score (nSPS) is 17.3. The van der Waals surface area contributed by atoms with Gasteiger partial charge in [0.2, 0.25) is 0 Å². The maximum atomic E-state index is 13.0. The van der Waals surface area contributed by atoms with Gasteiger partial charge in [-0.25, -0.2) is 4.79 Å². The van der Waals surface area contributed by atoms with E-state index in [0.717, 1.165) is 30.5 Å². The van der Waals surface area contributed by atoms with E-state index in [1.54, 1.807) is 42.5 Å². The van der Waals surface area contributed by atoms with Crippen LogP contribution in [-0.2, 0) is 6.42 Å². The van der Waals surface area contributed by atoms with Gasteiger partial charge in [-0.1, -0.05) is 24.6 Å². The lowest BCUT2D eigenvalue weighted by molar-refractivity contribution is 0.0678. The van der Waals surface area contributed by atoms with Gasteiger partial charge in [0.25, 0.3) is 5.91 Å². The molecule has 0 spiro atoms. The Labute approximate surface area is 171 Å². The highest BCUT2D eigenvalue weighted by Crippen LogP contribution is 2.30. The number of nitrogens with one attached hydrogen (secondary N) is 1. The Morgan fingerprint density at radius 3 is 2.66 bits per heavy atom. The molecule has 1 atom stereocenters. The van der Waals surface area contributed by atoms with Crippen molar-refractivity contribution in [1.29, 1.82) is 5.41 Å². The van der Waals surface area contributed by atoms with Gasteiger partial charge < -0.3 is 15.0 Å². The second kappa shape index (κ2) is 8.19. The number of benzene rings is 2. The molecular formula is C24H26N2O3. The summed E-state index contributed by atoms with van der Waals surface area (Å²) in [5.74, 6) is 0.476. The van der Waals surface area contributed by atoms with Crippen molar-refractivity contribution in [3.63, 3.8) is 0 Å². The Balaban J connectivity index is 1.43. The lowest BCUT2D eigenvalue weighted by Crippen LogP contribution is -2.44. The Bertz CT molecular complexity index is 934. The van der Waals surface area contributed by atoms with Crippen LogP contribution in [-0.4, -0.2) is 35.1 Å². The zero-order valence-corrected chi connectivity index (χ0v) is 16.7. The molecule has 0 unspecified atom stereocenters. The number of amides is 1. The van der Waals surface area contributed by atoms with Crippen molar-refractivity contribution in [3.8, 4) is 5.75 Å². The average molecular weight is 390 g/mol. The molecule has 5 heteroatoms. The van der Waals surface area contributed by atoms with Gasteiger partial charge in [-0.05, 0) is 68.0 Å². The molecule has 1 aliphatic heterocycles. The maximum Gasteiger partial charge on any atom is 0.343 e. The molecule has 0 saturated heterocycles. The Morgan fingerprint density at radius 1 is 1.21 bits per heavy atom. The summed E-state index contributed by atoms with van der Waals surface area (Å²) < 4.78 is 5.48. The first kappa shape index (κ1) is 19.4. The maximum absolute atomic E-state index is 13.0. The number of esters is 1. The lowest BCUT2D eigenvalue weighted by Gasteiger charge is -2.35. The van der Waals surface area contributed by atoms with Crippen molar-refractivity contribution in [2.45, 2.75) is 45.1 Å². The molecule has 150 valence electrons. The molecule has 0 bridgehead atoms. The van der Waals surface area contributed by atoms with Crippen LogP contribution in [0.3, 0.4) is 0 Å². The number of hydrogen-bond acceptors (Lipinski definition) is 4. The van der Waals surface area contributed by atoms with Gasteiger partial charge in [-0.15, -0.1) is 0 Å². The van der Waals surface area contributed by atoms with Gasteiger partial charge >= 0.3 is 5.97 Å². The Kier molecular flexibility index (Phi) is 5.47. The fourth-order valence-electron chi connectivity index (χ4n) is 4.06. The summed E-state index contributed by atoms with van der Waals surface area (Å²) in [6.45, 7) is 2.66. The van der Waals surface area contributed by atoms with E-state index in [4.69, 9.17) is 10.1 Å². The van der Waals surface area contributed by atoms with Gasteiger partial charge in [0.15, 0.2) is 0 Å². The second-order valence-corrected chi connectivity index (χ2v) is 8.03. The highest BCUT2D eigenvalue weighted by molar-refractivity contribution is 5.98. The van der Waals surface area contributed by atoms with Crippen LogP contribution in [0.15, 0.2) is 48.5 Å². The second-order valence-electron chi connectivity index (χ2n) is 8.03. The number of ether oxygens (including phenoxy) is 1. The summed E-state index contributed by atoms with van der Waals surface area (Å²) >= 11 is 0. The molecule has 1 heterocycles. The molecule has 1 aliphatic carbocycles. The molecule has 2 aliphatic rings. The van der Waals surface area contributed by atoms with E-state index in [-0.39, 0.29) is 11.9 Å². The van der Waals surface area contributed by atoms with Gasteiger partial charge in [-0.2, -0.15) is 0 Å². The third-order valence-corrected chi connectivity index (χ3v) is 6.06. The van der Waals surface area contributed by atoms with Crippen molar-refractivity contribution in [3.05, 3.63) is 65.2 Å². The minimum atomic E-state index is -0.405.